The third-order valence-electron chi connectivity index (χ3n) is 2.89. The summed E-state index contributed by atoms with van der Waals surface area (Å²) in [6.45, 7) is 0. The Hall–Kier alpha value is -2.12. The second kappa shape index (κ2) is 5.71. The maximum atomic E-state index is 12.3. The highest BCUT2D eigenvalue weighted by atomic mass is 32.2. The molecule has 5 nitrogen and oxygen atoms in total. The van der Waals surface area contributed by atoms with Crippen LogP contribution in [0.3, 0.4) is 0 Å². The first-order valence-corrected chi connectivity index (χ1v) is 8.18. The van der Waals surface area contributed by atoms with Crippen LogP contribution in [0.25, 0.3) is 10.2 Å². The van der Waals surface area contributed by atoms with Crippen LogP contribution in [0.2, 0.25) is 0 Å². The molecule has 0 radical (unpaired) electrons. The molecule has 1 aromatic carbocycles. The fraction of sp³-hybridized carbons (Fsp3) is 0.0714. The van der Waals surface area contributed by atoms with Crippen LogP contribution in [0.1, 0.15) is 9.67 Å². The normalized spacial score (nSPS) is 10.7. The Morgan fingerprint density at radius 1 is 1.33 bits per heavy atom. The van der Waals surface area contributed by atoms with Gasteiger partial charge in [0.15, 0.2) is 5.16 Å². The zero-order valence-corrected chi connectivity index (χ0v) is 12.8. The van der Waals surface area contributed by atoms with Gasteiger partial charge in [0, 0.05) is 11.9 Å². The number of thiophene rings is 1. The third-order valence-corrected chi connectivity index (χ3v) is 4.56. The Morgan fingerprint density at radius 2 is 2.10 bits per heavy atom. The van der Waals surface area contributed by atoms with Gasteiger partial charge in [-0.1, -0.05) is 30.0 Å². The summed E-state index contributed by atoms with van der Waals surface area (Å²) in [5.41, 5.74) is 7.21. The molecule has 2 heterocycles. The number of anilines is 2. The van der Waals surface area contributed by atoms with Gasteiger partial charge in [-0.05, 0) is 18.4 Å². The number of nitrogens with one attached hydrogen (secondary N) is 1. The van der Waals surface area contributed by atoms with E-state index >= 15 is 0 Å². The molecular formula is C14H12N4OS2. The van der Waals surface area contributed by atoms with Crippen LogP contribution in [0.5, 0.6) is 0 Å². The number of nitrogens with two attached hydrogens (primary N) is 1. The first-order chi connectivity index (χ1) is 10.2. The van der Waals surface area contributed by atoms with E-state index in [1.165, 1.54) is 23.1 Å². The van der Waals surface area contributed by atoms with E-state index in [2.05, 4.69) is 15.3 Å². The van der Waals surface area contributed by atoms with Gasteiger partial charge in [0.05, 0.1) is 11.1 Å². The molecule has 0 spiro atoms. The number of rotatable bonds is 3. The predicted octanol–water partition coefficient (Wildman–Crippen LogP) is 3.25. The molecule has 2 aromatic heterocycles. The topological polar surface area (TPSA) is 80.9 Å². The highest BCUT2D eigenvalue weighted by Gasteiger charge is 2.18. The molecule has 0 fully saturated rings. The fourth-order valence-electron chi connectivity index (χ4n) is 1.86. The maximum absolute atomic E-state index is 12.3. The highest BCUT2D eigenvalue weighted by Crippen LogP contribution is 2.33. The molecule has 0 atom stereocenters. The van der Waals surface area contributed by atoms with E-state index in [4.69, 9.17) is 5.73 Å². The number of nitrogens with zero attached hydrogens (tertiary/aromatic N) is 2. The molecule has 0 aliphatic carbocycles. The number of carbonyl (C=O) groups is 1. The summed E-state index contributed by atoms with van der Waals surface area (Å²) in [7, 11) is 0. The largest absolute Gasteiger partial charge is 0.397 e. The fourth-order valence-corrected chi connectivity index (χ4v) is 3.22. The summed E-state index contributed by atoms with van der Waals surface area (Å²) in [5, 5.41) is 4.21. The number of para-hydroxylation sites is 1. The number of nitrogen functional groups attached to an aromatic ring is 1. The van der Waals surface area contributed by atoms with Gasteiger partial charge in [-0.3, -0.25) is 4.79 Å². The SMILES string of the molecule is CSc1ncc2c(N)c(C(=O)Nc3ccccc3)sc2n1. The van der Waals surface area contributed by atoms with Crippen molar-refractivity contribution in [2.24, 2.45) is 0 Å². The summed E-state index contributed by atoms with van der Waals surface area (Å²) in [5.74, 6) is -0.229. The Bertz CT molecular complexity index is 801. The Morgan fingerprint density at radius 3 is 2.81 bits per heavy atom. The molecule has 3 aromatic rings. The molecule has 1 amide bonds. The summed E-state index contributed by atoms with van der Waals surface area (Å²) >= 11 is 2.73. The molecule has 0 aliphatic heterocycles. The number of aromatic nitrogens is 2. The maximum Gasteiger partial charge on any atom is 0.267 e. The van der Waals surface area contributed by atoms with Gasteiger partial charge < -0.3 is 11.1 Å². The van der Waals surface area contributed by atoms with Gasteiger partial charge in [0.1, 0.15) is 9.71 Å². The van der Waals surface area contributed by atoms with Crippen molar-refractivity contribution in [2.45, 2.75) is 5.16 Å². The molecule has 0 unspecified atom stereocenters. The van der Waals surface area contributed by atoms with Crippen LogP contribution < -0.4 is 11.1 Å². The molecule has 3 rings (SSSR count). The van der Waals surface area contributed by atoms with E-state index in [-0.39, 0.29) is 5.91 Å². The summed E-state index contributed by atoms with van der Waals surface area (Å²) in [4.78, 5) is 22.1. The van der Waals surface area contributed by atoms with E-state index in [9.17, 15) is 4.79 Å². The Labute approximate surface area is 129 Å². The van der Waals surface area contributed by atoms with Gasteiger partial charge >= 0.3 is 0 Å². The van der Waals surface area contributed by atoms with Crippen LogP contribution in [0.4, 0.5) is 11.4 Å². The smallest absolute Gasteiger partial charge is 0.267 e. The van der Waals surface area contributed by atoms with E-state index < -0.39 is 0 Å². The molecule has 0 bridgehead atoms. The zero-order chi connectivity index (χ0) is 14.8. The summed E-state index contributed by atoms with van der Waals surface area (Å²) in [6.07, 6.45) is 3.57. The predicted molar refractivity (Wildman–Crippen MR) is 88.0 cm³/mol. The van der Waals surface area contributed by atoms with Crippen molar-refractivity contribution in [1.82, 2.24) is 9.97 Å². The van der Waals surface area contributed by atoms with Gasteiger partial charge in [-0.2, -0.15) is 0 Å². The molecule has 0 saturated carbocycles. The number of fused-ring (bicyclic) bond motifs is 1. The number of amides is 1. The number of hydrogen-bond donors (Lipinski definition) is 2. The first-order valence-electron chi connectivity index (χ1n) is 6.14. The third kappa shape index (κ3) is 2.70. The van der Waals surface area contributed by atoms with Gasteiger partial charge in [-0.15, -0.1) is 11.3 Å². The standard InChI is InChI=1S/C14H12N4OS2/c1-20-14-16-7-9-10(15)11(21-13(9)18-14)12(19)17-8-5-3-2-4-6-8/h2-7H,15H2,1H3,(H,17,19). The van der Waals surface area contributed by atoms with Crippen LogP contribution in [0, 0.1) is 0 Å². The lowest BCUT2D eigenvalue weighted by atomic mass is 10.3. The lowest BCUT2D eigenvalue weighted by Crippen LogP contribution is -2.11. The number of hydrogen-bond acceptors (Lipinski definition) is 6. The average Bonchev–Trinajstić information content (AvgIpc) is 2.85. The summed E-state index contributed by atoms with van der Waals surface area (Å²) in [6, 6.07) is 9.27. The number of thioether (sulfide) groups is 1. The molecule has 21 heavy (non-hydrogen) atoms. The van der Waals surface area contributed by atoms with Crippen molar-refractivity contribution >= 4 is 50.6 Å². The van der Waals surface area contributed by atoms with Crippen molar-refractivity contribution in [2.75, 3.05) is 17.3 Å². The number of carbonyl (C=O) groups excluding carboxylic acids is 1. The number of benzene rings is 1. The van der Waals surface area contributed by atoms with Crippen LogP contribution in [-0.4, -0.2) is 22.1 Å². The quantitative estimate of drug-likeness (QED) is 0.572. The first kappa shape index (κ1) is 13.8. The second-order valence-electron chi connectivity index (χ2n) is 4.24. The van der Waals surface area contributed by atoms with Crippen molar-refractivity contribution in [1.29, 1.82) is 0 Å². The lowest BCUT2D eigenvalue weighted by Gasteiger charge is -2.03. The average molecular weight is 316 g/mol. The van der Waals surface area contributed by atoms with Gasteiger partial charge in [0.25, 0.3) is 5.91 Å². The molecule has 106 valence electrons. The molecule has 7 heteroatoms. The molecule has 0 saturated heterocycles. The van der Waals surface area contributed by atoms with E-state index in [1.54, 1.807) is 6.20 Å². The minimum absolute atomic E-state index is 0.229. The van der Waals surface area contributed by atoms with Crippen molar-refractivity contribution in [3.05, 3.63) is 41.4 Å². The van der Waals surface area contributed by atoms with Crippen molar-refractivity contribution < 1.29 is 4.79 Å². The minimum Gasteiger partial charge on any atom is -0.397 e. The van der Waals surface area contributed by atoms with Crippen molar-refractivity contribution in [3.8, 4) is 0 Å². The van der Waals surface area contributed by atoms with Gasteiger partial charge in [0.2, 0.25) is 0 Å². The molecule has 3 N–H and O–H groups in total. The lowest BCUT2D eigenvalue weighted by molar-refractivity contribution is 0.103. The Balaban J connectivity index is 1.96. The van der Waals surface area contributed by atoms with E-state index in [0.717, 1.165) is 15.9 Å². The monoisotopic (exact) mass is 316 g/mol. The van der Waals surface area contributed by atoms with Crippen LogP contribution in [0.15, 0.2) is 41.7 Å². The van der Waals surface area contributed by atoms with E-state index in [1.807, 2.05) is 36.6 Å². The van der Waals surface area contributed by atoms with Crippen LogP contribution in [-0.2, 0) is 0 Å². The van der Waals surface area contributed by atoms with Crippen LogP contribution >= 0.6 is 23.1 Å². The minimum atomic E-state index is -0.229. The zero-order valence-electron chi connectivity index (χ0n) is 11.2. The molecular weight excluding hydrogens is 304 g/mol. The van der Waals surface area contributed by atoms with E-state index in [0.29, 0.717) is 15.7 Å². The highest BCUT2D eigenvalue weighted by molar-refractivity contribution is 7.98. The summed E-state index contributed by atoms with van der Waals surface area (Å²) < 4.78 is 0. The molecule has 0 aliphatic rings. The van der Waals surface area contributed by atoms with Crippen molar-refractivity contribution in [3.63, 3.8) is 0 Å². The van der Waals surface area contributed by atoms with Gasteiger partial charge in [-0.25, -0.2) is 9.97 Å². The Kier molecular flexibility index (Phi) is 3.76. The second-order valence-corrected chi connectivity index (χ2v) is 6.01.